The molecule has 26 heavy (non-hydrogen) atoms. The van der Waals surface area contributed by atoms with E-state index in [2.05, 4.69) is 121 Å². The maximum Gasteiger partial charge on any atom is 0.213 e. The number of hydrogen-bond donors (Lipinski definition) is 0. The minimum atomic E-state index is 1.21. The SMILES string of the molecule is Cc1ccccc1-[n+]1ccc(-c2cc[n+](-c3ccccc3C)cc2)cc1. The Labute approximate surface area is 154 Å². The van der Waals surface area contributed by atoms with Crippen LogP contribution >= 0.6 is 0 Å². The van der Waals surface area contributed by atoms with Crippen LogP contribution in [0.1, 0.15) is 11.1 Å². The second-order valence-corrected chi connectivity index (χ2v) is 6.56. The summed E-state index contributed by atoms with van der Waals surface area (Å²) in [4.78, 5) is 0. The summed E-state index contributed by atoms with van der Waals surface area (Å²) in [5.74, 6) is 0. The number of hydrogen-bond acceptors (Lipinski definition) is 0. The first kappa shape index (κ1) is 16.2. The quantitative estimate of drug-likeness (QED) is 0.485. The largest absolute Gasteiger partial charge is 0.213 e. The first-order valence-corrected chi connectivity index (χ1v) is 8.87. The topological polar surface area (TPSA) is 7.76 Å². The summed E-state index contributed by atoms with van der Waals surface area (Å²) < 4.78 is 4.32. The Balaban J connectivity index is 1.62. The number of rotatable bonds is 3. The third-order valence-corrected chi connectivity index (χ3v) is 4.78. The van der Waals surface area contributed by atoms with Gasteiger partial charge in [0, 0.05) is 47.5 Å². The number of aromatic nitrogens is 2. The van der Waals surface area contributed by atoms with Crippen molar-refractivity contribution < 1.29 is 9.13 Å². The Hall–Kier alpha value is -3.26. The van der Waals surface area contributed by atoms with Gasteiger partial charge in [-0.15, -0.1) is 0 Å². The van der Waals surface area contributed by atoms with E-state index >= 15 is 0 Å². The molecular weight excluding hydrogens is 316 g/mol. The minimum Gasteiger partial charge on any atom is -0.167 e. The van der Waals surface area contributed by atoms with E-state index in [4.69, 9.17) is 0 Å². The number of nitrogens with zero attached hydrogens (tertiary/aromatic N) is 2. The molecule has 4 aromatic rings. The summed E-state index contributed by atoms with van der Waals surface area (Å²) in [6, 6.07) is 25.5. The van der Waals surface area contributed by atoms with Gasteiger partial charge >= 0.3 is 0 Å². The summed E-state index contributed by atoms with van der Waals surface area (Å²) in [6.45, 7) is 4.27. The van der Waals surface area contributed by atoms with Crippen molar-refractivity contribution >= 4 is 0 Å². The lowest BCUT2D eigenvalue weighted by Crippen LogP contribution is -2.30. The molecule has 0 spiro atoms. The normalized spacial score (nSPS) is 10.7. The average molecular weight is 338 g/mol. The molecule has 2 heterocycles. The highest BCUT2D eigenvalue weighted by Gasteiger charge is 2.11. The maximum absolute atomic E-state index is 2.17. The molecule has 0 aliphatic carbocycles. The van der Waals surface area contributed by atoms with Crippen LogP contribution < -0.4 is 9.13 Å². The van der Waals surface area contributed by atoms with Crippen LogP contribution in [0.3, 0.4) is 0 Å². The minimum absolute atomic E-state index is 1.21. The maximum atomic E-state index is 2.17. The van der Waals surface area contributed by atoms with E-state index in [0.29, 0.717) is 0 Å². The van der Waals surface area contributed by atoms with Gasteiger partial charge in [-0.1, -0.05) is 36.4 Å². The number of aryl methyl sites for hydroxylation is 2. The van der Waals surface area contributed by atoms with Crippen LogP contribution in [0.15, 0.2) is 97.6 Å². The summed E-state index contributed by atoms with van der Waals surface area (Å²) in [7, 11) is 0. The van der Waals surface area contributed by atoms with Crippen LogP contribution in [0.2, 0.25) is 0 Å². The zero-order chi connectivity index (χ0) is 17.9. The second-order valence-electron chi connectivity index (χ2n) is 6.56. The van der Waals surface area contributed by atoms with E-state index in [9.17, 15) is 0 Å². The van der Waals surface area contributed by atoms with Gasteiger partial charge in [-0.25, -0.2) is 0 Å². The van der Waals surface area contributed by atoms with Gasteiger partial charge in [-0.05, 0) is 25.0 Å². The van der Waals surface area contributed by atoms with Gasteiger partial charge < -0.3 is 0 Å². The Morgan fingerprint density at radius 3 is 1.15 bits per heavy atom. The molecule has 0 radical (unpaired) electrons. The molecule has 126 valence electrons. The van der Waals surface area contributed by atoms with Crippen LogP contribution in [0.25, 0.3) is 22.5 Å². The molecule has 0 saturated heterocycles. The molecule has 0 aliphatic rings. The predicted octanol–water partition coefficient (Wildman–Crippen LogP) is 4.52. The van der Waals surface area contributed by atoms with Gasteiger partial charge in [0.25, 0.3) is 0 Å². The van der Waals surface area contributed by atoms with Crippen molar-refractivity contribution in [2.75, 3.05) is 0 Å². The summed E-state index contributed by atoms with van der Waals surface area (Å²) in [6.07, 6.45) is 8.50. The smallest absolute Gasteiger partial charge is 0.167 e. The molecule has 0 amide bonds. The van der Waals surface area contributed by atoms with Crippen LogP contribution in [0.4, 0.5) is 0 Å². The van der Waals surface area contributed by atoms with Crippen molar-refractivity contribution in [1.82, 2.24) is 0 Å². The molecule has 2 nitrogen and oxygen atoms in total. The van der Waals surface area contributed by atoms with Crippen LogP contribution in [0.5, 0.6) is 0 Å². The fourth-order valence-electron chi connectivity index (χ4n) is 3.27. The average Bonchev–Trinajstić information content (AvgIpc) is 2.69. The Morgan fingerprint density at radius 1 is 0.462 bits per heavy atom. The number of para-hydroxylation sites is 2. The fraction of sp³-hybridized carbons (Fsp3) is 0.0833. The zero-order valence-corrected chi connectivity index (χ0v) is 15.1. The lowest BCUT2D eigenvalue weighted by molar-refractivity contribution is -0.596. The summed E-state index contributed by atoms with van der Waals surface area (Å²) in [5.41, 5.74) is 7.39. The lowest BCUT2D eigenvalue weighted by atomic mass is 10.1. The molecule has 0 aliphatic heterocycles. The van der Waals surface area contributed by atoms with E-state index in [0.717, 1.165) is 0 Å². The molecule has 0 unspecified atom stereocenters. The Bertz CT molecular complexity index is 945. The van der Waals surface area contributed by atoms with E-state index in [1.54, 1.807) is 0 Å². The summed E-state index contributed by atoms with van der Waals surface area (Å²) >= 11 is 0. The fourth-order valence-corrected chi connectivity index (χ4v) is 3.27. The first-order valence-electron chi connectivity index (χ1n) is 8.87. The van der Waals surface area contributed by atoms with Crippen molar-refractivity contribution in [3.63, 3.8) is 0 Å². The Kier molecular flexibility index (Phi) is 4.32. The van der Waals surface area contributed by atoms with Gasteiger partial charge in [0.15, 0.2) is 24.8 Å². The van der Waals surface area contributed by atoms with Crippen molar-refractivity contribution in [3.05, 3.63) is 109 Å². The predicted molar refractivity (Wildman–Crippen MR) is 104 cm³/mol. The molecule has 4 rings (SSSR count). The molecule has 0 bridgehead atoms. The van der Waals surface area contributed by atoms with Crippen molar-refractivity contribution in [2.45, 2.75) is 13.8 Å². The van der Waals surface area contributed by atoms with E-state index in [-0.39, 0.29) is 0 Å². The van der Waals surface area contributed by atoms with E-state index in [1.807, 2.05) is 0 Å². The number of benzene rings is 2. The van der Waals surface area contributed by atoms with Gasteiger partial charge in [0.1, 0.15) is 0 Å². The molecule has 2 heteroatoms. The Morgan fingerprint density at radius 2 is 0.808 bits per heavy atom. The van der Waals surface area contributed by atoms with Crippen molar-refractivity contribution in [2.24, 2.45) is 0 Å². The van der Waals surface area contributed by atoms with Crippen molar-refractivity contribution in [1.29, 1.82) is 0 Å². The molecule has 0 N–H and O–H groups in total. The molecule has 2 aromatic carbocycles. The molecule has 2 aromatic heterocycles. The van der Waals surface area contributed by atoms with Gasteiger partial charge in [-0.2, -0.15) is 9.13 Å². The monoisotopic (exact) mass is 338 g/mol. The van der Waals surface area contributed by atoms with Crippen LogP contribution in [0, 0.1) is 13.8 Å². The third-order valence-electron chi connectivity index (χ3n) is 4.78. The van der Waals surface area contributed by atoms with Crippen LogP contribution in [-0.2, 0) is 0 Å². The molecule has 0 atom stereocenters. The zero-order valence-electron chi connectivity index (χ0n) is 15.1. The lowest BCUT2D eigenvalue weighted by Gasteiger charge is -2.03. The second kappa shape index (κ2) is 6.93. The summed E-state index contributed by atoms with van der Waals surface area (Å²) in [5, 5.41) is 0. The first-order chi connectivity index (χ1) is 12.7. The highest BCUT2D eigenvalue weighted by Crippen LogP contribution is 2.17. The molecular formula is C24H22N2+2. The van der Waals surface area contributed by atoms with Crippen molar-refractivity contribution in [3.8, 4) is 22.5 Å². The van der Waals surface area contributed by atoms with Gasteiger partial charge in [0.05, 0.1) is 0 Å². The van der Waals surface area contributed by atoms with Crippen LogP contribution in [-0.4, -0.2) is 0 Å². The highest BCUT2D eigenvalue weighted by atomic mass is 14.9. The standard InChI is InChI=1S/C24H22N2/c1-19-7-3-5-9-23(19)25-15-11-21(12-16-25)22-13-17-26(18-14-22)24-10-6-4-8-20(24)2/h3-18H,1-2H3/q+2. The van der Waals surface area contributed by atoms with E-state index < -0.39 is 0 Å². The number of pyridine rings is 2. The van der Waals surface area contributed by atoms with Gasteiger partial charge in [-0.3, -0.25) is 0 Å². The molecule has 0 saturated carbocycles. The van der Waals surface area contributed by atoms with E-state index in [1.165, 1.54) is 33.6 Å². The third kappa shape index (κ3) is 3.14. The van der Waals surface area contributed by atoms with Gasteiger partial charge in [0.2, 0.25) is 11.4 Å². The highest BCUT2D eigenvalue weighted by molar-refractivity contribution is 5.61. The molecule has 0 fully saturated rings.